The third-order valence-electron chi connectivity index (χ3n) is 3.06. The molecule has 2 rings (SSSR count). The van der Waals surface area contributed by atoms with Crippen molar-refractivity contribution in [3.05, 3.63) is 0 Å². The van der Waals surface area contributed by atoms with E-state index in [4.69, 9.17) is 4.74 Å². The largest absolute Gasteiger partial charge is 0.372 e. The zero-order valence-corrected chi connectivity index (χ0v) is 7.60. The van der Waals surface area contributed by atoms with Gasteiger partial charge in [-0.15, -0.1) is 0 Å². The molecule has 0 aromatic heterocycles. The van der Waals surface area contributed by atoms with E-state index in [1.54, 1.807) is 0 Å². The zero-order chi connectivity index (χ0) is 7.90. The Morgan fingerprint density at radius 3 is 2.64 bits per heavy atom. The van der Waals surface area contributed by atoms with Crippen LogP contribution in [0.3, 0.4) is 0 Å². The topological polar surface area (TPSA) is 9.23 Å². The lowest BCUT2D eigenvalue weighted by atomic mass is 9.84. The van der Waals surface area contributed by atoms with Crippen LogP contribution in [0.1, 0.15) is 46.0 Å². The minimum atomic E-state index is 0.180. The van der Waals surface area contributed by atoms with Gasteiger partial charge in [-0.25, -0.2) is 0 Å². The predicted octanol–water partition coefficient (Wildman–Crippen LogP) is 2.74. The Morgan fingerprint density at radius 2 is 1.91 bits per heavy atom. The van der Waals surface area contributed by atoms with Crippen molar-refractivity contribution in [2.24, 2.45) is 5.92 Å². The summed E-state index contributed by atoms with van der Waals surface area (Å²) >= 11 is 0. The normalized spacial score (nSPS) is 42.0. The maximum Gasteiger partial charge on any atom is 0.0634 e. The first-order chi connectivity index (χ1) is 5.17. The second-order valence-electron chi connectivity index (χ2n) is 4.66. The van der Waals surface area contributed by atoms with E-state index >= 15 is 0 Å². The van der Waals surface area contributed by atoms with E-state index in [0.29, 0.717) is 6.10 Å². The molecule has 2 aliphatic rings. The highest BCUT2D eigenvalue weighted by molar-refractivity contribution is 4.90. The molecule has 1 saturated heterocycles. The Balaban J connectivity index is 2.03. The monoisotopic (exact) mass is 154 g/mol. The molecule has 1 aliphatic heterocycles. The smallest absolute Gasteiger partial charge is 0.0634 e. The maximum atomic E-state index is 5.95. The zero-order valence-electron chi connectivity index (χ0n) is 7.60. The van der Waals surface area contributed by atoms with Crippen LogP contribution in [-0.2, 0) is 4.74 Å². The van der Waals surface area contributed by atoms with E-state index < -0.39 is 0 Å². The molecule has 1 heteroatoms. The number of ether oxygens (including phenoxy) is 1. The Hall–Kier alpha value is -0.0400. The molecular formula is C10H18O. The van der Waals surface area contributed by atoms with Gasteiger partial charge in [-0.2, -0.15) is 0 Å². The summed E-state index contributed by atoms with van der Waals surface area (Å²) in [6, 6.07) is 0. The van der Waals surface area contributed by atoms with Crippen LogP contribution in [0, 0.1) is 5.92 Å². The number of hydrogen-bond acceptors (Lipinski definition) is 1. The lowest BCUT2D eigenvalue weighted by Crippen LogP contribution is -2.21. The van der Waals surface area contributed by atoms with Gasteiger partial charge in [-0.3, -0.25) is 0 Å². The molecule has 0 radical (unpaired) electrons. The summed E-state index contributed by atoms with van der Waals surface area (Å²) in [5, 5.41) is 0. The quantitative estimate of drug-likeness (QED) is 0.521. The molecular weight excluding hydrogens is 136 g/mol. The summed E-state index contributed by atoms with van der Waals surface area (Å²) < 4.78 is 5.95. The molecule has 0 bridgehead atoms. The maximum absolute atomic E-state index is 5.95. The van der Waals surface area contributed by atoms with Crippen LogP contribution in [0.4, 0.5) is 0 Å². The summed E-state index contributed by atoms with van der Waals surface area (Å²) in [4.78, 5) is 0. The number of rotatable bonds is 0. The van der Waals surface area contributed by atoms with E-state index in [0.717, 1.165) is 5.92 Å². The fourth-order valence-corrected chi connectivity index (χ4v) is 2.65. The van der Waals surface area contributed by atoms with Gasteiger partial charge in [-0.05, 0) is 39.0 Å². The van der Waals surface area contributed by atoms with Gasteiger partial charge in [-0.1, -0.05) is 12.8 Å². The Bertz CT molecular complexity index is 135. The second kappa shape index (κ2) is 2.48. The average molecular weight is 154 g/mol. The van der Waals surface area contributed by atoms with Crippen LogP contribution in [-0.4, -0.2) is 11.7 Å². The third-order valence-corrected chi connectivity index (χ3v) is 3.06. The van der Waals surface area contributed by atoms with Gasteiger partial charge in [0.2, 0.25) is 0 Å². The third kappa shape index (κ3) is 1.44. The summed E-state index contributed by atoms with van der Waals surface area (Å²) in [6.45, 7) is 4.46. The van der Waals surface area contributed by atoms with Crippen LogP contribution in [0.2, 0.25) is 0 Å². The average Bonchev–Trinajstić information content (AvgIpc) is 2.21. The van der Waals surface area contributed by atoms with E-state index in [2.05, 4.69) is 13.8 Å². The fourth-order valence-electron chi connectivity index (χ4n) is 2.65. The molecule has 1 saturated carbocycles. The Kier molecular flexibility index (Phi) is 1.71. The first kappa shape index (κ1) is 7.60. The lowest BCUT2D eigenvalue weighted by molar-refractivity contribution is -0.0302. The molecule has 1 heterocycles. The fraction of sp³-hybridized carbons (Fsp3) is 1.00. The van der Waals surface area contributed by atoms with E-state index in [-0.39, 0.29) is 5.60 Å². The first-order valence-corrected chi connectivity index (χ1v) is 4.85. The van der Waals surface area contributed by atoms with Crippen molar-refractivity contribution < 1.29 is 4.74 Å². The standard InChI is InChI=1S/C10H18O/c1-10(2)7-8-5-3-4-6-9(8)11-10/h8-9H,3-7H2,1-2H3/t8-,9-/m0/s1. The van der Waals surface area contributed by atoms with Crippen molar-refractivity contribution in [3.63, 3.8) is 0 Å². The highest BCUT2D eigenvalue weighted by Gasteiger charge is 2.40. The highest BCUT2D eigenvalue weighted by Crippen LogP contribution is 2.42. The van der Waals surface area contributed by atoms with E-state index in [1.165, 1.54) is 32.1 Å². The summed E-state index contributed by atoms with van der Waals surface area (Å²) in [7, 11) is 0. The molecule has 2 atom stereocenters. The number of fused-ring (bicyclic) bond motifs is 1. The van der Waals surface area contributed by atoms with Crippen LogP contribution in [0.5, 0.6) is 0 Å². The van der Waals surface area contributed by atoms with Gasteiger partial charge in [0.15, 0.2) is 0 Å². The van der Waals surface area contributed by atoms with Gasteiger partial charge in [0.1, 0.15) is 0 Å². The van der Waals surface area contributed by atoms with Crippen molar-refractivity contribution in [3.8, 4) is 0 Å². The van der Waals surface area contributed by atoms with Crippen LogP contribution in [0.25, 0.3) is 0 Å². The second-order valence-corrected chi connectivity index (χ2v) is 4.66. The summed E-state index contributed by atoms with van der Waals surface area (Å²) in [5.74, 6) is 0.888. The van der Waals surface area contributed by atoms with Gasteiger partial charge in [0.05, 0.1) is 11.7 Å². The van der Waals surface area contributed by atoms with E-state index in [9.17, 15) is 0 Å². The van der Waals surface area contributed by atoms with Crippen molar-refractivity contribution in [2.45, 2.75) is 57.7 Å². The molecule has 0 spiro atoms. The molecule has 11 heavy (non-hydrogen) atoms. The Labute approximate surface area is 69.1 Å². The molecule has 1 aliphatic carbocycles. The molecule has 0 aromatic rings. The van der Waals surface area contributed by atoms with Crippen molar-refractivity contribution in [1.29, 1.82) is 0 Å². The molecule has 0 N–H and O–H groups in total. The molecule has 0 amide bonds. The first-order valence-electron chi connectivity index (χ1n) is 4.85. The minimum Gasteiger partial charge on any atom is -0.372 e. The molecule has 64 valence electrons. The molecule has 0 aromatic carbocycles. The van der Waals surface area contributed by atoms with Crippen molar-refractivity contribution in [1.82, 2.24) is 0 Å². The van der Waals surface area contributed by atoms with Crippen LogP contribution in [0.15, 0.2) is 0 Å². The lowest BCUT2D eigenvalue weighted by Gasteiger charge is -2.23. The SMILES string of the molecule is CC1(C)C[C@@H]2CCCC[C@@H]2O1. The van der Waals surface area contributed by atoms with Gasteiger partial charge in [0, 0.05) is 0 Å². The highest BCUT2D eigenvalue weighted by atomic mass is 16.5. The molecule has 0 unspecified atom stereocenters. The Morgan fingerprint density at radius 1 is 1.18 bits per heavy atom. The van der Waals surface area contributed by atoms with Gasteiger partial charge < -0.3 is 4.74 Å². The number of hydrogen-bond donors (Lipinski definition) is 0. The summed E-state index contributed by atoms with van der Waals surface area (Å²) in [5.41, 5.74) is 0.180. The van der Waals surface area contributed by atoms with E-state index in [1.807, 2.05) is 0 Å². The molecule has 2 fully saturated rings. The summed E-state index contributed by atoms with van der Waals surface area (Å²) in [6.07, 6.45) is 7.44. The van der Waals surface area contributed by atoms with Crippen LogP contribution >= 0.6 is 0 Å². The molecule has 1 nitrogen and oxygen atoms in total. The minimum absolute atomic E-state index is 0.180. The van der Waals surface area contributed by atoms with Crippen molar-refractivity contribution in [2.75, 3.05) is 0 Å². The van der Waals surface area contributed by atoms with Gasteiger partial charge in [0.25, 0.3) is 0 Å². The van der Waals surface area contributed by atoms with Crippen molar-refractivity contribution >= 4 is 0 Å². The van der Waals surface area contributed by atoms with Crippen LogP contribution < -0.4 is 0 Å². The predicted molar refractivity (Wildman–Crippen MR) is 45.5 cm³/mol. The van der Waals surface area contributed by atoms with Gasteiger partial charge >= 0.3 is 0 Å².